The summed E-state index contributed by atoms with van der Waals surface area (Å²) in [4.78, 5) is 6.67. The Morgan fingerprint density at radius 3 is 2.65 bits per heavy atom. The average molecular weight is 483 g/mol. The molecule has 2 heterocycles. The number of nitrogens with zero attached hydrogens (tertiary/aromatic N) is 3. The summed E-state index contributed by atoms with van der Waals surface area (Å²) in [5.41, 5.74) is 3.15. The molecule has 0 spiro atoms. The van der Waals surface area contributed by atoms with Gasteiger partial charge in [-0.05, 0) is 61.0 Å². The van der Waals surface area contributed by atoms with Crippen molar-refractivity contribution in [2.24, 2.45) is 5.92 Å². The maximum Gasteiger partial charge on any atom is 0.258 e. The molecule has 0 saturated carbocycles. The van der Waals surface area contributed by atoms with E-state index in [0.29, 0.717) is 22.5 Å². The number of allylic oxidation sites excluding steroid dienone is 1. The molecule has 1 atom stereocenters. The van der Waals surface area contributed by atoms with Crippen LogP contribution in [0.1, 0.15) is 38.3 Å². The summed E-state index contributed by atoms with van der Waals surface area (Å²) < 4.78 is 30.4. The zero-order valence-corrected chi connectivity index (χ0v) is 20.6. The zero-order valence-electron chi connectivity index (χ0n) is 19.8. The van der Waals surface area contributed by atoms with E-state index in [9.17, 15) is 4.39 Å². The van der Waals surface area contributed by atoms with E-state index in [-0.39, 0.29) is 17.6 Å². The molecule has 0 saturated heterocycles. The van der Waals surface area contributed by atoms with E-state index < -0.39 is 5.82 Å². The molecule has 9 heteroatoms. The lowest BCUT2D eigenvalue weighted by atomic mass is 9.94. The second kappa shape index (κ2) is 9.80. The van der Waals surface area contributed by atoms with Crippen LogP contribution < -0.4 is 14.8 Å². The smallest absolute Gasteiger partial charge is 0.258 e. The number of ether oxygens (including phenoxy) is 2. The molecule has 1 unspecified atom stereocenters. The number of hydrogen-bond donors (Lipinski definition) is 1. The number of rotatable bonds is 7. The van der Waals surface area contributed by atoms with Gasteiger partial charge in [0.2, 0.25) is 5.82 Å². The highest BCUT2D eigenvalue weighted by Gasteiger charge is 2.34. The van der Waals surface area contributed by atoms with Crippen LogP contribution in [0.5, 0.6) is 11.5 Å². The second-order valence-corrected chi connectivity index (χ2v) is 8.82. The molecule has 2 aromatic carbocycles. The topological polar surface area (TPSA) is 72.7 Å². The van der Waals surface area contributed by atoms with Crippen LogP contribution in [0.2, 0.25) is 0 Å². The number of halogens is 1. The first-order chi connectivity index (χ1) is 16.3. The molecule has 0 bridgehead atoms. The fraction of sp³-hybridized carbons (Fsp3) is 0.320. The highest BCUT2D eigenvalue weighted by Crippen LogP contribution is 2.38. The fourth-order valence-electron chi connectivity index (χ4n) is 3.97. The van der Waals surface area contributed by atoms with E-state index in [2.05, 4.69) is 29.3 Å². The van der Waals surface area contributed by atoms with Crippen molar-refractivity contribution < 1.29 is 18.4 Å². The Morgan fingerprint density at radius 1 is 1.18 bits per heavy atom. The van der Waals surface area contributed by atoms with Gasteiger partial charge in [0.25, 0.3) is 5.89 Å². The maximum atomic E-state index is 14.3. The van der Waals surface area contributed by atoms with Crippen molar-refractivity contribution in [2.45, 2.75) is 26.8 Å². The van der Waals surface area contributed by atoms with Crippen LogP contribution >= 0.6 is 12.2 Å². The molecule has 1 aromatic heterocycles. The summed E-state index contributed by atoms with van der Waals surface area (Å²) in [6.07, 6.45) is 0. The van der Waals surface area contributed by atoms with Gasteiger partial charge < -0.3 is 24.2 Å². The summed E-state index contributed by atoms with van der Waals surface area (Å²) in [7, 11) is 3.05. The second-order valence-electron chi connectivity index (χ2n) is 8.44. The summed E-state index contributed by atoms with van der Waals surface area (Å²) in [5, 5.41) is 8.18. The Bertz CT molecular complexity index is 1240. The van der Waals surface area contributed by atoms with Crippen molar-refractivity contribution >= 4 is 22.9 Å². The van der Waals surface area contributed by atoms with Crippen molar-refractivity contribution in [3.63, 3.8) is 0 Å². The molecule has 3 aromatic rings. The molecular formula is C25H27FN4O3S. The monoisotopic (exact) mass is 482 g/mol. The van der Waals surface area contributed by atoms with Crippen molar-refractivity contribution in [1.29, 1.82) is 0 Å². The highest BCUT2D eigenvalue weighted by atomic mass is 32.1. The molecule has 0 radical (unpaired) electrons. The molecule has 1 N–H and O–H groups in total. The van der Waals surface area contributed by atoms with Gasteiger partial charge in [0.05, 0.1) is 25.8 Å². The van der Waals surface area contributed by atoms with E-state index in [1.165, 1.54) is 19.2 Å². The van der Waals surface area contributed by atoms with Crippen molar-refractivity contribution in [2.75, 3.05) is 20.8 Å². The van der Waals surface area contributed by atoms with Crippen LogP contribution in [-0.2, 0) is 0 Å². The number of hydrogen-bond acceptors (Lipinski definition) is 6. The average Bonchev–Trinajstić information content (AvgIpc) is 3.31. The third-order valence-corrected chi connectivity index (χ3v) is 5.98. The van der Waals surface area contributed by atoms with Gasteiger partial charge in [-0.25, -0.2) is 4.39 Å². The lowest BCUT2D eigenvalue weighted by molar-refractivity contribution is 0.384. The maximum absolute atomic E-state index is 14.3. The van der Waals surface area contributed by atoms with Gasteiger partial charge in [-0.3, -0.25) is 0 Å². The quantitative estimate of drug-likeness (QED) is 0.460. The number of benzene rings is 2. The Balaban J connectivity index is 1.81. The minimum Gasteiger partial charge on any atom is -0.497 e. The predicted octanol–water partition coefficient (Wildman–Crippen LogP) is 5.21. The summed E-state index contributed by atoms with van der Waals surface area (Å²) >= 11 is 5.71. The van der Waals surface area contributed by atoms with Gasteiger partial charge in [-0.15, -0.1) is 0 Å². The zero-order chi connectivity index (χ0) is 24.4. The molecule has 0 aliphatic carbocycles. The van der Waals surface area contributed by atoms with Crippen LogP contribution in [0.15, 0.2) is 52.7 Å². The highest BCUT2D eigenvalue weighted by molar-refractivity contribution is 7.80. The fourth-order valence-corrected chi connectivity index (χ4v) is 4.30. The van der Waals surface area contributed by atoms with Crippen LogP contribution in [0.25, 0.3) is 17.0 Å². The number of thiocarbonyl (C=S) groups is 1. The Hall–Kier alpha value is -3.46. The van der Waals surface area contributed by atoms with Gasteiger partial charge in [0.15, 0.2) is 16.7 Å². The van der Waals surface area contributed by atoms with Gasteiger partial charge >= 0.3 is 0 Å². The normalized spacial score (nSPS) is 16.1. The lowest BCUT2D eigenvalue weighted by Gasteiger charge is -2.38. The van der Waals surface area contributed by atoms with Gasteiger partial charge in [-0.1, -0.05) is 31.1 Å². The summed E-state index contributed by atoms with van der Waals surface area (Å²) in [5.74, 6) is 1.38. The Morgan fingerprint density at radius 2 is 1.97 bits per heavy atom. The van der Waals surface area contributed by atoms with Crippen molar-refractivity contribution in [3.05, 3.63) is 65.4 Å². The third kappa shape index (κ3) is 4.61. The number of nitrogens with one attached hydrogen (secondary N) is 1. The van der Waals surface area contributed by atoms with Crippen molar-refractivity contribution in [3.8, 4) is 22.9 Å². The van der Waals surface area contributed by atoms with Gasteiger partial charge in [0.1, 0.15) is 5.75 Å². The van der Waals surface area contributed by atoms with Crippen molar-refractivity contribution in [1.82, 2.24) is 20.4 Å². The van der Waals surface area contributed by atoms with Crippen LogP contribution in [0, 0.1) is 11.7 Å². The molecule has 0 amide bonds. The molecule has 4 rings (SSSR count). The largest absolute Gasteiger partial charge is 0.497 e. The van der Waals surface area contributed by atoms with Crippen LogP contribution in [0.3, 0.4) is 0 Å². The van der Waals surface area contributed by atoms with E-state index >= 15 is 0 Å². The van der Waals surface area contributed by atoms with E-state index in [4.69, 9.17) is 26.2 Å². The summed E-state index contributed by atoms with van der Waals surface area (Å²) in [6, 6.07) is 12.0. The SMILES string of the molecule is COc1cccc(C2NC(=S)N(CC(C)C)C(C)=C2c2nc(-c3ccc(OC)c(F)c3)no2)c1. The Labute approximate surface area is 203 Å². The van der Waals surface area contributed by atoms with Crippen LogP contribution in [-0.4, -0.2) is 40.9 Å². The van der Waals surface area contributed by atoms with Gasteiger partial charge in [0, 0.05) is 17.8 Å². The minimum atomic E-state index is -0.496. The molecule has 1 aliphatic rings. The first-order valence-electron chi connectivity index (χ1n) is 10.9. The predicted molar refractivity (Wildman–Crippen MR) is 132 cm³/mol. The molecule has 7 nitrogen and oxygen atoms in total. The molecule has 1 aliphatic heterocycles. The molecule has 178 valence electrons. The van der Waals surface area contributed by atoms with E-state index in [0.717, 1.165) is 29.1 Å². The van der Waals surface area contributed by atoms with Gasteiger partial charge in [-0.2, -0.15) is 4.98 Å². The van der Waals surface area contributed by atoms with E-state index in [1.54, 1.807) is 13.2 Å². The minimum absolute atomic E-state index is 0.151. The summed E-state index contributed by atoms with van der Waals surface area (Å²) in [6.45, 7) is 6.99. The third-order valence-electron chi connectivity index (χ3n) is 5.64. The van der Waals surface area contributed by atoms with Crippen LogP contribution in [0.4, 0.5) is 4.39 Å². The number of aromatic nitrogens is 2. The first kappa shape index (κ1) is 23.7. The number of methoxy groups -OCH3 is 2. The Kier molecular flexibility index (Phi) is 6.83. The molecule has 34 heavy (non-hydrogen) atoms. The van der Waals surface area contributed by atoms with E-state index in [1.807, 2.05) is 36.1 Å². The lowest BCUT2D eigenvalue weighted by Crippen LogP contribution is -2.47. The molecular weight excluding hydrogens is 455 g/mol. The standard InChI is InChI=1S/C25H27FN4O3S/c1-14(2)13-30-15(3)21(22(27-25(30)34)16-7-6-8-18(11-16)31-4)24-28-23(29-33-24)17-9-10-20(32-5)19(26)12-17/h6-12,14,22H,13H2,1-5H3,(H,27,34). The first-order valence-corrected chi connectivity index (χ1v) is 11.3. The molecule has 0 fully saturated rings.